The van der Waals surface area contributed by atoms with Gasteiger partial charge in [0.2, 0.25) is 5.91 Å². The predicted molar refractivity (Wildman–Crippen MR) is 131 cm³/mol. The number of nitrogens with one attached hydrogen (secondary N) is 1. The Morgan fingerprint density at radius 3 is 2.66 bits per heavy atom. The van der Waals surface area contributed by atoms with Crippen molar-refractivity contribution in [2.45, 2.75) is 51.1 Å². The van der Waals surface area contributed by atoms with Gasteiger partial charge in [-0.05, 0) is 38.8 Å². The number of halogens is 4. The average Bonchev–Trinajstić information content (AvgIpc) is 3.24. The number of amides is 1. The number of hydrogen-bond acceptors (Lipinski definition) is 6. The van der Waals surface area contributed by atoms with Gasteiger partial charge in [0.25, 0.3) is 0 Å². The van der Waals surface area contributed by atoms with Crippen LogP contribution in [0.5, 0.6) is 0 Å². The number of likely N-dealkylation sites (tertiary alicyclic amines) is 1. The second-order valence-electron chi connectivity index (χ2n) is 9.77. The van der Waals surface area contributed by atoms with Gasteiger partial charge < -0.3 is 24.3 Å². The third-order valence-corrected chi connectivity index (χ3v) is 7.37. The number of rotatable bonds is 5. The second kappa shape index (κ2) is 9.81. The molecule has 38 heavy (non-hydrogen) atoms. The van der Waals surface area contributed by atoms with E-state index in [9.17, 15) is 22.4 Å². The van der Waals surface area contributed by atoms with E-state index in [0.29, 0.717) is 61.8 Å². The average molecular weight is 536 g/mol. The van der Waals surface area contributed by atoms with Gasteiger partial charge >= 0.3 is 6.18 Å². The van der Waals surface area contributed by atoms with Crippen molar-refractivity contribution in [3.8, 4) is 0 Å². The molecule has 0 unspecified atom stereocenters. The summed E-state index contributed by atoms with van der Waals surface area (Å²) in [5.41, 5.74) is -0.430. The van der Waals surface area contributed by atoms with Crippen molar-refractivity contribution in [3.05, 3.63) is 52.7 Å². The van der Waals surface area contributed by atoms with Crippen LogP contribution < -0.4 is 5.32 Å². The zero-order chi connectivity index (χ0) is 27.2. The molecule has 3 aromatic rings. The van der Waals surface area contributed by atoms with Crippen molar-refractivity contribution in [2.75, 3.05) is 38.7 Å². The van der Waals surface area contributed by atoms with Gasteiger partial charge in [-0.15, -0.1) is 0 Å². The summed E-state index contributed by atoms with van der Waals surface area (Å²) in [4.78, 5) is 23.2. The Balaban J connectivity index is 1.49. The molecule has 0 bridgehead atoms. The fourth-order valence-corrected chi connectivity index (χ4v) is 5.47. The lowest BCUT2D eigenvalue weighted by Gasteiger charge is -2.44. The van der Waals surface area contributed by atoms with Gasteiger partial charge in [-0.3, -0.25) is 4.79 Å². The number of benzene rings is 1. The molecule has 1 atom stereocenters. The minimum Gasteiger partial charge on any atom is -0.375 e. The molecule has 5 rings (SSSR count). The van der Waals surface area contributed by atoms with E-state index in [1.807, 2.05) is 6.07 Å². The van der Waals surface area contributed by atoms with Crippen molar-refractivity contribution in [1.82, 2.24) is 19.4 Å². The van der Waals surface area contributed by atoms with Crippen LogP contribution in [0.15, 0.2) is 24.3 Å². The third-order valence-electron chi connectivity index (χ3n) is 7.37. The molecule has 1 aromatic carbocycles. The zero-order valence-corrected chi connectivity index (χ0v) is 21.4. The first-order valence-electron chi connectivity index (χ1n) is 12.5. The van der Waals surface area contributed by atoms with Crippen LogP contribution in [-0.4, -0.2) is 58.8 Å². The molecule has 0 aliphatic carbocycles. The molecule has 1 fully saturated rings. The van der Waals surface area contributed by atoms with Crippen molar-refractivity contribution < 1.29 is 31.8 Å². The quantitative estimate of drug-likeness (QED) is 0.483. The first-order valence-corrected chi connectivity index (χ1v) is 12.5. The highest BCUT2D eigenvalue weighted by atomic mass is 19.4. The number of nitrogens with zero attached hydrogens (tertiary/aromatic N) is 4. The van der Waals surface area contributed by atoms with Gasteiger partial charge in [0.05, 0.1) is 29.3 Å². The Hall–Kier alpha value is -3.25. The maximum atomic E-state index is 14.8. The number of fused-ring (bicyclic) bond motifs is 4. The summed E-state index contributed by atoms with van der Waals surface area (Å²) in [5.74, 6) is -0.498. The number of methoxy groups -OCH3 is 1. The molecule has 2 aliphatic rings. The Morgan fingerprint density at radius 1 is 1.24 bits per heavy atom. The lowest BCUT2D eigenvalue weighted by molar-refractivity contribution is -0.146. The normalized spacial score (nSPS) is 18.0. The summed E-state index contributed by atoms with van der Waals surface area (Å²) in [5, 5.41) is 3.79. The van der Waals surface area contributed by atoms with Crippen molar-refractivity contribution in [2.24, 2.45) is 0 Å². The summed E-state index contributed by atoms with van der Waals surface area (Å²) >= 11 is 0. The molecule has 1 N–H and O–H groups in total. The van der Waals surface area contributed by atoms with Crippen LogP contribution in [0.25, 0.3) is 11.0 Å². The second-order valence-corrected chi connectivity index (χ2v) is 9.77. The van der Waals surface area contributed by atoms with E-state index in [1.165, 1.54) is 19.2 Å². The summed E-state index contributed by atoms with van der Waals surface area (Å²) in [6.45, 7) is 5.44. The SMILES string of the molecule is COCC(=O)N1CCC2(CC1)OCCn1c2cc2c(N[C@H](C)c3cccc(C(F)(F)F)c3F)nc(C)nc21. The van der Waals surface area contributed by atoms with Gasteiger partial charge in [0.1, 0.15) is 35.3 Å². The number of piperidine rings is 1. The summed E-state index contributed by atoms with van der Waals surface area (Å²) in [6, 6.07) is 4.40. The van der Waals surface area contributed by atoms with Crippen LogP contribution in [0, 0.1) is 12.7 Å². The molecule has 1 saturated heterocycles. The molecule has 1 spiro atoms. The number of carbonyl (C=O) groups is 1. The molecule has 8 nitrogen and oxygen atoms in total. The third kappa shape index (κ3) is 4.60. The number of alkyl halides is 3. The molecule has 204 valence electrons. The molecule has 12 heteroatoms. The zero-order valence-electron chi connectivity index (χ0n) is 21.4. The Bertz CT molecular complexity index is 1370. The highest BCUT2D eigenvalue weighted by Crippen LogP contribution is 2.43. The molecule has 4 heterocycles. The minimum atomic E-state index is -4.79. The van der Waals surface area contributed by atoms with E-state index in [-0.39, 0.29) is 18.1 Å². The van der Waals surface area contributed by atoms with Gasteiger partial charge in [-0.1, -0.05) is 12.1 Å². The maximum absolute atomic E-state index is 14.8. The van der Waals surface area contributed by atoms with Gasteiger partial charge in [-0.25, -0.2) is 14.4 Å². The summed E-state index contributed by atoms with van der Waals surface area (Å²) in [6.07, 6.45) is -3.60. The number of aryl methyl sites for hydroxylation is 1. The van der Waals surface area contributed by atoms with Crippen LogP contribution in [0.3, 0.4) is 0 Å². The number of carbonyl (C=O) groups excluding carboxylic acids is 1. The van der Waals surface area contributed by atoms with Gasteiger partial charge in [0.15, 0.2) is 0 Å². The number of aromatic nitrogens is 3. The molecule has 2 aliphatic heterocycles. The Morgan fingerprint density at radius 2 is 1.97 bits per heavy atom. The predicted octanol–water partition coefficient (Wildman–Crippen LogP) is 4.57. The van der Waals surface area contributed by atoms with Crippen LogP contribution >= 0.6 is 0 Å². The van der Waals surface area contributed by atoms with Crippen LogP contribution in [0.4, 0.5) is 23.4 Å². The number of hydrogen-bond donors (Lipinski definition) is 1. The van der Waals surface area contributed by atoms with Gasteiger partial charge in [-0.2, -0.15) is 13.2 Å². The van der Waals surface area contributed by atoms with Crippen LogP contribution in [0.2, 0.25) is 0 Å². The van der Waals surface area contributed by atoms with Crippen molar-refractivity contribution in [3.63, 3.8) is 0 Å². The Kier molecular flexibility index (Phi) is 6.80. The lowest BCUT2D eigenvalue weighted by Crippen LogP contribution is -2.50. The van der Waals surface area contributed by atoms with E-state index in [4.69, 9.17) is 9.47 Å². The smallest absolute Gasteiger partial charge is 0.375 e. The fraction of sp³-hybridized carbons (Fsp3) is 0.500. The van der Waals surface area contributed by atoms with Crippen LogP contribution in [0.1, 0.15) is 48.5 Å². The largest absolute Gasteiger partial charge is 0.419 e. The van der Waals surface area contributed by atoms with Crippen molar-refractivity contribution >= 4 is 22.8 Å². The summed E-state index contributed by atoms with van der Waals surface area (Å²) < 4.78 is 68.0. The molecule has 1 amide bonds. The molecule has 0 radical (unpaired) electrons. The highest BCUT2D eigenvalue weighted by Gasteiger charge is 2.43. The van der Waals surface area contributed by atoms with E-state index in [0.717, 1.165) is 11.8 Å². The minimum absolute atomic E-state index is 0.0304. The Labute approximate surface area is 216 Å². The monoisotopic (exact) mass is 535 g/mol. The standard InChI is InChI=1S/C26H29F4N5O3/c1-15(17-5-4-6-19(22(17)27)26(28,29)30)31-23-18-13-20-25(7-9-34(10-8-25)21(36)14-37-3)38-12-11-35(20)24(18)33-16(2)32-23/h4-6,13,15H,7-12,14H2,1-3H3,(H,31,32,33)/t15-/m1/s1. The molecular formula is C26H29F4N5O3. The maximum Gasteiger partial charge on any atom is 0.419 e. The fourth-order valence-electron chi connectivity index (χ4n) is 5.47. The van der Waals surface area contributed by atoms with E-state index >= 15 is 0 Å². The highest BCUT2D eigenvalue weighted by molar-refractivity contribution is 5.89. The first kappa shape index (κ1) is 26.4. The first-order chi connectivity index (χ1) is 18.0. The van der Waals surface area contributed by atoms with Gasteiger partial charge in [0, 0.05) is 32.3 Å². The molecular weight excluding hydrogens is 506 g/mol. The number of anilines is 1. The molecule has 2 aromatic heterocycles. The van der Waals surface area contributed by atoms with E-state index < -0.39 is 29.2 Å². The lowest BCUT2D eigenvalue weighted by atomic mass is 9.86. The van der Waals surface area contributed by atoms with Crippen molar-refractivity contribution in [1.29, 1.82) is 0 Å². The van der Waals surface area contributed by atoms with Crippen LogP contribution in [-0.2, 0) is 32.6 Å². The van der Waals surface area contributed by atoms with E-state index in [2.05, 4.69) is 19.9 Å². The topological polar surface area (TPSA) is 81.5 Å². The summed E-state index contributed by atoms with van der Waals surface area (Å²) in [7, 11) is 1.49. The molecule has 0 saturated carbocycles. The van der Waals surface area contributed by atoms with E-state index in [1.54, 1.807) is 18.7 Å². The number of ether oxygens (including phenoxy) is 2.